The van der Waals surface area contributed by atoms with E-state index in [1.165, 1.54) is 71.1 Å². The van der Waals surface area contributed by atoms with Crippen molar-refractivity contribution in [1.82, 2.24) is 9.80 Å². The third-order valence-electron chi connectivity index (χ3n) is 5.64. The van der Waals surface area contributed by atoms with Gasteiger partial charge in [0.05, 0.1) is 12.2 Å². The predicted octanol–water partition coefficient (Wildman–Crippen LogP) is 3.78. The quantitative estimate of drug-likeness (QED) is 0.666. The van der Waals surface area contributed by atoms with Crippen LogP contribution in [-0.4, -0.2) is 61.3 Å². The first-order valence-corrected chi connectivity index (χ1v) is 9.62. The van der Waals surface area contributed by atoms with Crippen molar-refractivity contribution in [3.63, 3.8) is 0 Å². The Morgan fingerprint density at radius 3 is 2.41 bits per heavy atom. The third kappa shape index (κ3) is 6.17. The minimum Gasteiger partial charge on any atom is -0.376 e. The van der Waals surface area contributed by atoms with Gasteiger partial charge in [0.15, 0.2) is 0 Å². The van der Waals surface area contributed by atoms with Crippen molar-refractivity contribution in [3.8, 4) is 0 Å². The molecule has 3 heteroatoms. The predicted molar refractivity (Wildman–Crippen MR) is 94.4 cm³/mol. The Labute approximate surface area is 138 Å². The van der Waals surface area contributed by atoms with Gasteiger partial charge >= 0.3 is 0 Å². The van der Waals surface area contributed by atoms with Gasteiger partial charge in [-0.3, -0.25) is 0 Å². The maximum Gasteiger partial charge on any atom is 0.0578 e. The van der Waals surface area contributed by atoms with Crippen molar-refractivity contribution in [2.24, 2.45) is 5.92 Å². The molecule has 0 spiro atoms. The molecule has 0 aromatic carbocycles. The van der Waals surface area contributed by atoms with E-state index in [2.05, 4.69) is 37.6 Å². The van der Waals surface area contributed by atoms with Crippen LogP contribution in [0.4, 0.5) is 0 Å². The summed E-state index contributed by atoms with van der Waals surface area (Å²) in [5.74, 6) is 0.971. The molecule has 1 atom stereocenters. The number of likely N-dealkylation sites (N-methyl/N-ethyl adjacent to an activating group) is 1. The van der Waals surface area contributed by atoms with E-state index in [1.807, 2.05) is 0 Å². The maximum atomic E-state index is 5.95. The van der Waals surface area contributed by atoms with Gasteiger partial charge in [0.1, 0.15) is 0 Å². The van der Waals surface area contributed by atoms with Crippen LogP contribution in [0.1, 0.15) is 65.7 Å². The summed E-state index contributed by atoms with van der Waals surface area (Å²) >= 11 is 0. The zero-order valence-electron chi connectivity index (χ0n) is 15.4. The molecule has 3 nitrogen and oxygen atoms in total. The number of unbranched alkanes of at least 4 members (excludes halogenated alkanes) is 1. The van der Waals surface area contributed by atoms with Gasteiger partial charge in [0, 0.05) is 25.7 Å². The van der Waals surface area contributed by atoms with Crippen molar-refractivity contribution < 1.29 is 4.74 Å². The van der Waals surface area contributed by atoms with Crippen molar-refractivity contribution >= 4 is 0 Å². The van der Waals surface area contributed by atoms with Crippen LogP contribution in [0, 0.1) is 5.92 Å². The number of rotatable bonds is 7. The Hall–Kier alpha value is -0.120. The van der Waals surface area contributed by atoms with Crippen LogP contribution in [0.3, 0.4) is 0 Å². The summed E-state index contributed by atoms with van der Waals surface area (Å²) in [5.41, 5.74) is 0. The number of nitrogens with zero attached hydrogens (tertiary/aromatic N) is 2. The van der Waals surface area contributed by atoms with Gasteiger partial charge in [-0.1, -0.05) is 12.8 Å². The Bertz CT molecular complexity index is 300. The SMILES string of the molecule is CC(C)O[C@H]1CC[C@H](CCCCN2CCN(C)[C@@H](C)C2)CC1. The lowest BCUT2D eigenvalue weighted by Crippen LogP contribution is -2.50. The first kappa shape index (κ1) is 18.2. The van der Waals surface area contributed by atoms with Crippen molar-refractivity contribution in [2.75, 3.05) is 33.2 Å². The standard InChI is InChI=1S/C19H38N2O/c1-16(2)22-19-10-8-18(9-11-19)7-5-6-12-21-14-13-20(4)17(3)15-21/h16-19H,5-15H2,1-4H3/t17-,18-,19-/m0/s1. The van der Waals surface area contributed by atoms with E-state index in [1.54, 1.807) is 0 Å². The molecule has 130 valence electrons. The Morgan fingerprint density at radius 2 is 1.77 bits per heavy atom. The zero-order chi connectivity index (χ0) is 15.9. The Balaban J connectivity index is 1.51. The Kier molecular flexibility index (Phi) is 7.66. The fourth-order valence-electron chi connectivity index (χ4n) is 4.04. The van der Waals surface area contributed by atoms with Crippen LogP contribution in [0.15, 0.2) is 0 Å². The Morgan fingerprint density at radius 1 is 1.05 bits per heavy atom. The van der Waals surface area contributed by atoms with Gasteiger partial charge < -0.3 is 14.5 Å². The van der Waals surface area contributed by atoms with Gasteiger partial charge in [0.25, 0.3) is 0 Å². The molecule has 2 aliphatic rings. The summed E-state index contributed by atoms with van der Waals surface area (Å²) in [6.45, 7) is 11.7. The minimum absolute atomic E-state index is 0.396. The molecule has 2 fully saturated rings. The molecule has 0 N–H and O–H groups in total. The maximum absolute atomic E-state index is 5.95. The minimum atomic E-state index is 0.396. The van der Waals surface area contributed by atoms with E-state index in [0.29, 0.717) is 12.2 Å². The highest BCUT2D eigenvalue weighted by atomic mass is 16.5. The molecular formula is C19H38N2O. The molecule has 1 aliphatic carbocycles. The second-order valence-corrected chi connectivity index (χ2v) is 7.95. The lowest BCUT2D eigenvalue weighted by atomic mass is 9.84. The van der Waals surface area contributed by atoms with E-state index in [4.69, 9.17) is 4.74 Å². The number of ether oxygens (including phenoxy) is 1. The summed E-state index contributed by atoms with van der Waals surface area (Å²) in [6, 6.07) is 0.727. The summed E-state index contributed by atoms with van der Waals surface area (Å²) in [7, 11) is 2.25. The zero-order valence-corrected chi connectivity index (χ0v) is 15.4. The third-order valence-corrected chi connectivity index (χ3v) is 5.64. The van der Waals surface area contributed by atoms with Crippen LogP contribution in [0.25, 0.3) is 0 Å². The molecule has 0 radical (unpaired) electrons. The van der Waals surface area contributed by atoms with Crippen molar-refractivity contribution in [2.45, 2.75) is 84.0 Å². The van der Waals surface area contributed by atoms with Gasteiger partial charge in [-0.15, -0.1) is 0 Å². The first-order valence-electron chi connectivity index (χ1n) is 9.62. The molecule has 1 saturated heterocycles. The van der Waals surface area contributed by atoms with Crippen LogP contribution in [0.2, 0.25) is 0 Å². The van der Waals surface area contributed by atoms with E-state index >= 15 is 0 Å². The highest BCUT2D eigenvalue weighted by Crippen LogP contribution is 2.30. The lowest BCUT2D eigenvalue weighted by molar-refractivity contribution is -0.0203. The molecule has 2 rings (SSSR count). The topological polar surface area (TPSA) is 15.7 Å². The lowest BCUT2D eigenvalue weighted by Gasteiger charge is -2.37. The summed E-state index contributed by atoms with van der Waals surface area (Å²) < 4.78 is 5.95. The van der Waals surface area contributed by atoms with E-state index in [-0.39, 0.29) is 0 Å². The smallest absolute Gasteiger partial charge is 0.0578 e. The van der Waals surface area contributed by atoms with E-state index < -0.39 is 0 Å². The van der Waals surface area contributed by atoms with Gasteiger partial charge in [-0.25, -0.2) is 0 Å². The van der Waals surface area contributed by atoms with Crippen LogP contribution >= 0.6 is 0 Å². The van der Waals surface area contributed by atoms with Crippen LogP contribution < -0.4 is 0 Å². The van der Waals surface area contributed by atoms with Crippen LogP contribution in [0.5, 0.6) is 0 Å². The second-order valence-electron chi connectivity index (χ2n) is 7.95. The number of hydrogen-bond donors (Lipinski definition) is 0. The molecule has 0 bridgehead atoms. The fourth-order valence-corrected chi connectivity index (χ4v) is 4.04. The number of piperazine rings is 1. The van der Waals surface area contributed by atoms with Gasteiger partial charge in [0.2, 0.25) is 0 Å². The van der Waals surface area contributed by atoms with E-state index in [0.717, 1.165) is 12.0 Å². The molecule has 0 aromatic heterocycles. The van der Waals surface area contributed by atoms with Crippen molar-refractivity contribution in [3.05, 3.63) is 0 Å². The highest BCUT2D eigenvalue weighted by molar-refractivity contribution is 4.77. The fraction of sp³-hybridized carbons (Fsp3) is 1.00. The molecule has 1 heterocycles. The summed E-state index contributed by atoms with van der Waals surface area (Å²) in [6.07, 6.45) is 10.6. The molecule has 0 aromatic rings. The normalized spacial score (nSPS) is 31.8. The largest absolute Gasteiger partial charge is 0.376 e. The molecule has 22 heavy (non-hydrogen) atoms. The molecule has 1 saturated carbocycles. The molecular weight excluding hydrogens is 272 g/mol. The molecule has 0 amide bonds. The molecule has 0 unspecified atom stereocenters. The highest BCUT2D eigenvalue weighted by Gasteiger charge is 2.23. The van der Waals surface area contributed by atoms with Gasteiger partial charge in [-0.05, 0) is 72.4 Å². The summed E-state index contributed by atoms with van der Waals surface area (Å²) in [5, 5.41) is 0. The average Bonchev–Trinajstić information content (AvgIpc) is 2.48. The second kappa shape index (κ2) is 9.24. The number of hydrogen-bond acceptors (Lipinski definition) is 3. The monoisotopic (exact) mass is 310 g/mol. The van der Waals surface area contributed by atoms with Crippen LogP contribution in [-0.2, 0) is 4.74 Å². The summed E-state index contributed by atoms with van der Waals surface area (Å²) in [4.78, 5) is 5.15. The van der Waals surface area contributed by atoms with E-state index in [9.17, 15) is 0 Å². The average molecular weight is 311 g/mol. The van der Waals surface area contributed by atoms with Gasteiger partial charge in [-0.2, -0.15) is 0 Å². The van der Waals surface area contributed by atoms with Crippen molar-refractivity contribution in [1.29, 1.82) is 0 Å². The molecule has 1 aliphatic heterocycles. The first-order chi connectivity index (χ1) is 10.5.